The van der Waals surface area contributed by atoms with Crippen LogP contribution in [0.5, 0.6) is 0 Å². The van der Waals surface area contributed by atoms with Crippen molar-refractivity contribution in [2.75, 3.05) is 20.3 Å². The standard InChI is InChI=1S/C22H27N5O2/c1-16(15-29-2)27-20(25-19-7-5-12-24-22(19)27)8-3-9-21(28)26-13-10-18-17(14-26)6-4-11-23-18/h4-7,11-12,16H,3,8-10,13-15H2,1-2H3. The van der Waals surface area contributed by atoms with E-state index >= 15 is 0 Å². The number of aryl methyl sites for hydroxylation is 1. The molecule has 1 amide bonds. The number of ether oxygens (including phenoxy) is 1. The maximum absolute atomic E-state index is 12.7. The van der Waals surface area contributed by atoms with Crippen molar-refractivity contribution in [2.45, 2.75) is 45.2 Å². The number of pyridine rings is 2. The summed E-state index contributed by atoms with van der Waals surface area (Å²) in [6.07, 6.45) is 6.46. The second-order valence-electron chi connectivity index (χ2n) is 7.58. The van der Waals surface area contributed by atoms with Crippen LogP contribution in [0.4, 0.5) is 0 Å². The summed E-state index contributed by atoms with van der Waals surface area (Å²) in [6.45, 7) is 4.10. The zero-order valence-corrected chi connectivity index (χ0v) is 17.0. The second-order valence-corrected chi connectivity index (χ2v) is 7.58. The van der Waals surface area contributed by atoms with Crippen molar-refractivity contribution in [3.63, 3.8) is 0 Å². The summed E-state index contributed by atoms with van der Waals surface area (Å²) in [5, 5.41) is 0. The quantitative estimate of drug-likeness (QED) is 0.617. The Morgan fingerprint density at radius 1 is 1.24 bits per heavy atom. The second kappa shape index (κ2) is 8.69. The third-order valence-electron chi connectivity index (χ3n) is 5.48. The highest BCUT2D eigenvalue weighted by Crippen LogP contribution is 2.22. The Balaban J connectivity index is 1.41. The molecule has 152 valence electrons. The van der Waals surface area contributed by atoms with Gasteiger partial charge >= 0.3 is 0 Å². The van der Waals surface area contributed by atoms with E-state index in [0.717, 1.165) is 54.1 Å². The molecular formula is C22H27N5O2. The topological polar surface area (TPSA) is 73.1 Å². The first-order valence-corrected chi connectivity index (χ1v) is 10.2. The van der Waals surface area contributed by atoms with E-state index in [1.165, 1.54) is 0 Å². The minimum absolute atomic E-state index is 0.136. The van der Waals surface area contributed by atoms with Crippen LogP contribution in [-0.2, 0) is 28.9 Å². The van der Waals surface area contributed by atoms with Crippen LogP contribution < -0.4 is 0 Å². The monoisotopic (exact) mass is 393 g/mol. The van der Waals surface area contributed by atoms with Gasteiger partial charge in [-0.25, -0.2) is 9.97 Å². The summed E-state index contributed by atoms with van der Waals surface area (Å²) < 4.78 is 7.48. The number of rotatable bonds is 7. The molecule has 0 spiro atoms. The van der Waals surface area contributed by atoms with Gasteiger partial charge in [-0.05, 0) is 37.1 Å². The summed E-state index contributed by atoms with van der Waals surface area (Å²) in [5.41, 5.74) is 4.04. The smallest absolute Gasteiger partial charge is 0.222 e. The molecule has 0 saturated carbocycles. The maximum Gasteiger partial charge on any atom is 0.222 e. The third-order valence-corrected chi connectivity index (χ3v) is 5.48. The SMILES string of the molecule is COCC(C)n1c(CCCC(=O)N2CCc3ncccc3C2)nc2cccnc21. The highest BCUT2D eigenvalue weighted by Gasteiger charge is 2.22. The first-order chi connectivity index (χ1) is 14.2. The number of nitrogens with zero attached hydrogens (tertiary/aromatic N) is 5. The van der Waals surface area contributed by atoms with Gasteiger partial charge in [-0.15, -0.1) is 0 Å². The van der Waals surface area contributed by atoms with Crippen molar-refractivity contribution in [3.05, 3.63) is 53.7 Å². The first kappa shape index (κ1) is 19.5. The van der Waals surface area contributed by atoms with Crippen LogP contribution in [0.3, 0.4) is 0 Å². The van der Waals surface area contributed by atoms with E-state index in [-0.39, 0.29) is 11.9 Å². The Morgan fingerprint density at radius 3 is 2.93 bits per heavy atom. The molecule has 29 heavy (non-hydrogen) atoms. The third kappa shape index (κ3) is 4.15. The highest BCUT2D eigenvalue weighted by molar-refractivity contribution is 5.76. The van der Waals surface area contributed by atoms with Gasteiger partial charge in [0.05, 0.1) is 12.6 Å². The lowest BCUT2D eigenvalue weighted by atomic mass is 10.1. The highest BCUT2D eigenvalue weighted by atomic mass is 16.5. The van der Waals surface area contributed by atoms with Gasteiger partial charge in [0.25, 0.3) is 0 Å². The van der Waals surface area contributed by atoms with Gasteiger partial charge < -0.3 is 14.2 Å². The number of aromatic nitrogens is 4. The molecule has 4 rings (SSSR count). The summed E-state index contributed by atoms with van der Waals surface area (Å²) >= 11 is 0. The lowest BCUT2D eigenvalue weighted by Gasteiger charge is -2.28. The lowest BCUT2D eigenvalue weighted by molar-refractivity contribution is -0.132. The number of fused-ring (bicyclic) bond motifs is 2. The van der Waals surface area contributed by atoms with Crippen molar-refractivity contribution in [3.8, 4) is 0 Å². The predicted molar refractivity (Wildman–Crippen MR) is 110 cm³/mol. The predicted octanol–water partition coefficient (Wildman–Crippen LogP) is 2.94. The maximum atomic E-state index is 12.7. The normalized spacial score (nSPS) is 14.8. The molecule has 0 aliphatic carbocycles. The van der Waals surface area contributed by atoms with Crippen LogP contribution >= 0.6 is 0 Å². The van der Waals surface area contributed by atoms with Crippen molar-refractivity contribution >= 4 is 17.1 Å². The molecule has 1 atom stereocenters. The Hall–Kier alpha value is -2.80. The molecule has 3 aromatic rings. The molecule has 4 heterocycles. The number of amides is 1. The molecule has 1 aliphatic rings. The van der Waals surface area contributed by atoms with E-state index in [0.29, 0.717) is 19.6 Å². The van der Waals surface area contributed by atoms with Crippen LogP contribution in [0.15, 0.2) is 36.7 Å². The zero-order chi connectivity index (χ0) is 20.2. The molecule has 0 saturated heterocycles. The van der Waals surface area contributed by atoms with Crippen LogP contribution in [0.1, 0.15) is 42.9 Å². The van der Waals surface area contributed by atoms with Gasteiger partial charge in [-0.1, -0.05) is 6.07 Å². The summed E-state index contributed by atoms with van der Waals surface area (Å²) in [7, 11) is 1.70. The van der Waals surface area contributed by atoms with E-state index in [2.05, 4.69) is 27.5 Å². The van der Waals surface area contributed by atoms with E-state index in [1.807, 2.05) is 29.3 Å². The van der Waals surface area contributed by atoms with E-state index in [4.69, 9.17) is 9.72 Å². The minimum Gasteiger partial charge on any atom is -0.383 e. The molecule has 0 radical (unpaired) electrons. The molecule has 1 aliphatic heterocycles. The van der Waals surface area contributed by atoms with Crippen LogP contribution in [0.25, 0.3) is 11.2 Å². The molecule has 0 fully saturated rings. The molecule has 0 N–H and O–H groups in total. The zero-order valence-electron chi connectivity index (χ0n) is 17.0. The molecular weight excluding hydrogens is 366 g/mol. The average molecular weight is 393 g/mol. The van der Waals surface area contributed by atoms with Crippen molar-refractivity contribution in [1.82, 2.24) is 24.4 Å². The van der Waals surface area contributed by atoms with Gasteiger partial charge in [0.1, 0.15) is 11.3 Å². The lowest BCUT2D eigenvalue weighted by Crippen LogP contribution is -2.36. The molecule has 7 heteroatoms. The number of carbonyl (C=O) groups is 1. The van der Waals surface area contributed by atoms with Gasteiger partial charge in [0.15, 0.2) is 5.65 Å². The van der Waals surface area contributed by atoms with Gasteiger partial charge in [0, 0.05) is 57.5 Å². The van der Waals surface area contributed by atoms with Crippen molar-refractivity contribution in [1.29, 1.82) is 0 Å². The molecule has 7 nitrogen and oxygen atoms in total. The molecule has 3 aromatic heterocycles. The number of hydrogen-bond acceptors (Lipinski definition) is 5. The van der Waals surface area contributed by atoms with E-state index < -0.39 is 0 Å². The Kier molecular flexibility index (Phi) is 5.85. The van der Waals surface area contributed by atoms with E-state index in [1.54, 1.807) is 13.3 Å². The fourth-order valence-electron chi connectivity index (χ4n) is 4.07. The van der Waals surface area contributed by atoms with E-state index in [9.17, 15) is 4.79 Å². The minimum atomic E-state index is 0.136. The van der Waals surface area contributed by atoms with Gasteiger partial charge in [-0.2, -0.15) is 0 Å². The van der Waals surface area contributed by atoms with Crippen LogP contribution in [0, 0.1) is 0 Å². The largest absolute Gasteiger partial charge is 0.383 e. The van der Waals surface area contributed by atoms with Crippen LogP contribution in [-0.4, -0.2) is 50.6 Å². The number of methoxy groups -OCH3 is 1. The Labute approximate surface area is 170 Å². The number of carbonyl (C=O) groups excluding carboxylic acids is 1. The van der Waals surface area contributed by atoms with Gasteiger partial charge in [0.2, 0.25) is 5.91 Å². The van der Waals surface area contributed by atoms with Crippen molar-refractivity contribution < 1.29 is 9.53 Å². The van der Waals surface area contributed by atoms with Crippen molar-refractivity contribution in [2.24, 2.45) is 0 Å². The fourth-order valence-corrected chi connectivity index (χ4v) is 4.07. The molecule has 1 unspecified atom stereocenters. The Bertz CT molecular complexity index is 1000. The van der Waals surface area contributed by atoms with Crippen LogP contribution in [0.2, 0.25) is 0 Å². The average Bonchev–Trinajstić information content (AvgIpc) is 3.11. The summed E-state index contributed by atoms with van der Waals surface area (Å²) in [4.78, 5) is 28.4. The number of imidazole rings is 1. The first-order valence-electron chi connectivity index (χ1n) is 10.2. The summed E-state index contributed by atoms with van der Waals surface area (Å²) in [6, 6.07) is 8.01. The fraction of sp³-hybridized carbons (Fsp3) is 0.455. The molecule has 0 bridgehead atoms. The Morgan fingerprint density at radius 2 is 2.07 bits per heavy atom. The molecule has 0 aromatic carbocycles. The number of hydrogen-bond donors (Lipinski definition) is 0. The van der Waals surface area contributed by atoms with Gasteiger partial charge in [-0.3, -0.25) is 9.78 Å². The summed E-state index contributed by atoms with van der Waals surface area (Å²) in [5.74, 6) is 1.16.